The van der Waals surface area contributed by atoms with Gasteiger partial charge in [0, 0.05) is 14.2 Å². The van der Waals surface area contributed by atoms with Gasteiger partial charge in [-0.3, -0.25) is 4.79 Å². The molecule has 0 radical (unpaired) electrons. The van der Waals surface area contributed by atoms with E-state index in [-0.39, 0.29) is 12.4 Å². The van der Waals surface area contributed by atoms with Crippen molar-refractivity contribution in [3.05, 3.63) is 0 Å². The first-order chi connectivity index (χ1) is 6.88. The second-order valence-corrected chi connectivity index (χ2v) is 3.83. The Labute approximate surface area is 89.6 Å². The van der Waals surface area contributed by atoms with Crippen LogP contribution in [0.25, 0.3) is 0 Å². The minimum atomic E-state index is -1.09. The molecule has 1 aliphatic heterocycles. The molecular weight excluding hydrogens is 200 g/mol. The highest BCUT2D eigenvalue weighted by molar-refractivity contribution is 5.80. The van der Waals surface area contributed by atoms with Crippen LogP contribution >= 0.6 is 0 Å². The first kappa shape index (κ1) is 12.6. The van der Waals surface area contributed by atoms with Gasteiger partial charge in [0.2, 0.25) is 11.6 Å². The van der Waals surface area contributed by atoms with Crippen molar-refractivity contribution in [1.29, 1.82) is 0 Å². The Bertz CT molecular complexity index is 254. The molecule has 0 aliphatic carbocycles. The number of carbonyl (C=O) groups is 1. The van der Waals surface area contributed by atoms with Gasteiger partial charge in [0.05, 0.1) is 6.61 Å². The number of ketones is 1. The first-order valence-electron chi connectivity index (χ1n) is 4.81. The Hall–Kier alpha value is -0.490. The third-order valence-corrected chi connectivity index (χ3v) is 2.93. The third-order valence-electron chi connectivity index (χ3n) is 2.93. The minimum Gasteiger partial charge on any atom is -0.349 e. The van der Waals surface area contributed by atoms with Gasteiger partial charge in [-0.2, -0.15) is 0 Å². The van der Waals surface area contributed by atoms with Crippen molar-refractivity contribution in [2.75, 3.05) is 20.8 Å². The van der Waals surface area contributed by atoms with Crippen molar-refractivity contribution in [3.8, 4) is 0 Å². The van der Waals surface area contributed by atoms with E-state index in [0.29, 0.717) is 0 Å². The van der Waals surface area contributed by atoms with Crippen molar-refractivity contribution < 1.29 is 23.7 Å². The van der Waals surface area contributed by atoms with Crippen LogP contribution in [0.3, 0.4) is 0 Å². The van der Waals surface area contributed by atoms with Gasteiger partial charge in [-0.05, 0) is 20.8 Å². The standard InChI is InChI=1S/C10H18O5/c1-7(11)8-6-14-9(2,12-4)10(3,13-5)15-8/h8H,6H2,1-5H3/t8-,9-,10-/m1/s1. The highest BCUT2D eigenvalue weighted by Crippen LogP contribution is 2.36. The molecule has 0 aromatic rings. The molecule has 0 spiro atoms. The lowest BCUT2D eigenvalue weighted by Crippen LogP contribution is -2.63. The van der Waals surface area contributed by atoms with Gasteiger partial charge in [-0.15, -0.1) is 0 Å². The number of carbonyl (C=O) groups excluding carboxylic acids is 1. The molecule has 5 nitrogen and oxygen atoms in total. The van der Waals surface area contributed by atoms with Crippen LogP contribution in [0.5, 0.6) is 0 Å². The molecule has 1 rings (SSSR count). The zero-order chi connectivity index (χ0) is 11.7. The van der Waals surface area contributed by atoms with Crippen LogP contribution in [0.4, 0.5) is 0 Å². The van der Waals surface area contributed by atoms with Crippen LogP contribution in [0.2, 0.25) is 0 Å². The number of ether oxygens (including phenoxy) is 4. The quantitative estimate of drug-likeness (QED) is 0.698. The van der Waals surface area contributed by atoms with Crippen molar-refractivity contribution in [2.24, 2.45) is 0 Å². The number of methoxy groups -OCH3 is 2. The lowest BCUT2D eigenvalue weighted by molar-refractivity contribution is -0.425. The van der Waals surface area contributed by atoms with Gasteiger partial charge in [0.1, 0.15) is 6.10 Å². The van der Waals surface area contributed by atoms with E-state index in [1.54, 1.807) is 13.8 Å². The van der Waals surface area contributed by atoms with E-state index in [2.05, 4.69) is 0 Å². The smallest absolute Gasteiger partial charge is 0.220 e. The topological polar surface area (TPSA) is 54.0 Å². The lowest BCUT2D eigenvalue weighted by Gasteiger charge is -2.48. The summed E-state index contributed by atoms with van der Waals surface area (Å²) in [5.41, 5.74) is 0. The SMILES string of the molecule is CO[C@]1(C)OC[C@H](C(C)=O)O[C@@]1(C)OC. The molecule has 0 bridgehead atoms. The normalized spacial score (nSPS) is 41.5. The fourth-order valence-corrected chi connectivity index (χ4v) is 1.46. The van der Waals surface area contributed by atoms with E-state index < -0.39 is 17.7 Å². The summed E-state index contributed by atoms with van der Waals surface area (Å²) in [6.45, 7) is 5.04. The van der Waals surface area contributed by atoms with Crippen molar-refractivity contribution in [2.45, 2.75) is 38.4 Å². The zero-order valence-corrected chi connectivity index (χ0v) is 9.83. The van der Waals surface area contributed by atoms with Crippen LogP contribution in [0.15, 0.2) is 0 Å². The minimum absolute atomic E-state index is 0.0866. The summed E-state index contributed by atoms with van der Waals surface area (Å²) in [5.74, 6) is -2.18. The fraction of sp³-hybridized carbons (Fsp3) is 0.900. The third kappa shape index (κ3) is 2.06. The molecule has 3 atom stereocenters. The molecule has 0 aromatic carbocycles. The van der Waals surface area contributed by atoms with E-state index >= 15 is 0 Å². The van der Waals surface area contributed by atoms with Gasteiger partial charge in [0.25, 0.3) is 0 Å². The highest BCUT2D eigenvalue weighted by Gasteiger charge is 2.54. The van der Waals surface area contributed by atoms with Gasteiger partial charge in [-0.1, -0.05) is 0 Å². The van der Waals surface area contributed by atoms with Crippen LogP contribution in [0, 0.1) is 0 Å². The fourth-order valence-electron chi connectivity index (χ4n) is 1.46. The Kier molecular flexibility index (Phi) is 3.50. The Morgan fingerprint density at radius 2 is 1.80 bits per heavy atom. The summed E-state index contributed by atoms with van der Waals surface area (Å²) in [4.78, 5) is 11.2. The average Bonchev–Trinajstić information content (AvgIpc) is 2.22. The van der Waals surface area contributed by atoms with Crippen molar-refractivity contribution >= 4 is 5.78 Å². The zero-order valence-electron chi connectivity index (χ0n) is 9.83. The predicted molar refractivity (Wildman–Crippen MR) is 52.3 cm³/mol. The van der Waals surface area contributed by atoms with E-state index in [1.807, 2.05) is 0 Å². The molecule has 1 fully saturated rings. The average molecular weight is 218 g/mol. The van der Waals surface area contributed by atoms with Gasteiger partial charge < -0.3 is 18.9 Å². The molecule has 1 aliphatic rings. The summed E-state index contributed by atoms with van der Waals surface area (Å²) in [6, 6.07) is 0. The second-order valence-electron chi connectivity index (χ2n) is 3.83. The van der Waals surface area contributed by atoms with E-state index in [9.17, 15) is 4.79 Å². The molecule has 1 saturated heterocycles. The molecule has 0 unspecified atom stereocenters. The number of hydrogen-bond acceptors (Lipinski definition) is 5. The maximum absolute atomic E-state index is 11.2. The predicted octanol–water partition coefficient (Wildman–Crippen LogP) is 0.716. The highest BCUT2D eigenvalue weighted by atomic mass is 16.8. The van der Waals surface area contributed by atoms with E-state index in [1.165, 1.54) is 21.1 Å². The van der Waals surface area contributed by atoms with Crippen molar-refractivity contribution in [3.63, 3.8) is 0 Å². The summed E-state index contributed by atoms with van der Waals surface area (Å²) in [6.07, 6.45) is -0.599. The van der Waals surface area contributed by atoms with E-state index in [0.717, 1.165) is 0 Å². The Morgan fingerprint density at radius 3 is 2.20 bits per heavy atom. The Morgan fingerprint density at radius 1 is 1.27 bits per heavy atom. The number of hydrogen-bond donors (Lipinski definition) is 0. The van der Waals surface area contributed by atoms with Crippen LogP contribution in [0.1, 0.15) is 20.8 Å². The van der Waals surface area contributed by atoms with E-state index in [4.69, 9.17) is 18.9 Å². The molecule has 0 aromatic heterocycles. The summed E-state index contributed by atoms with van der Waals surface area (Å²) >= 11 is 0. The Balaban J connectivity index is 2.88. The van der Waals surface area contributed by atoms with Gasteiger partial charge in [0.15, 0.2) is 5.78 Å². The first-order valence-corrected chi connectivity index (χ1v) is 4.81. The summed E-state index contributed by atoms with van der Waals surface area (Å²) < 4.78 is 21.5. The summed E-state index contributed by atoms with van der Waals surface area (Å²) in [5, 5.41) is 0. The second kappa shape index (κ2) is 4.17. The van der Waals surface area contributed by atoms with Crippen LogP contribution in [-0.2, 0) is 23.7 Å². The van der Waals surface area contributed by atoms with Crippen molar-refractivity contribution in [1.82, 2.24) is 0 Å². The molecule has 15 heavy (non-hydrogen) atoms. The molecule has 1 heterocycles. The monoisotopic (exact) mass is 218 g/mol. The largest absolute Gasteiger partial charge is 0.349 e. The van der Waals surface area contributed by atoms with Crippen LogP contribution < -0.4 is 0 Å². The molecule has 88 valence electrons. The number of Topliss-reactive ketones (excluding diaryl/α,β-unsaturated/α-hetero) is 1. The van der Waals surface area contributed by atoms with Crippen LogP contribution in [-0.4, -0.2) is 44.3 Å². The maximum atomic E-state index is 11.2. The lowest BCUT2D eigenvalue weighted by atomic mass is 10.1. The molecular formula is C10H18O5. The van der Waals surface area contributed by atoms with Gasteiger partial charge >= 0.3 is 0 Å². The molecule has 5 heteroatoms. The van der Waals surface area contributed by atoms with Gasteiger partial charge in [-0.25, -0.2) is 0 Å². The molecule has 0 saturated carbocycles. The molecule has 0 amide bonds. The number of rotatable bonds is 3. The summed E-state index contributed by atoms with van der Waals surface area (Å²) in [7, 11) is 3.00. The maximum Gasteiger partial charge on any atom is 0.220 e. The molecule has 0 N–H and O–H groups in total.